The van der Waals surface area contributed by atoms with E-state index in [0.29, 0.717) is 0 Å². The number of nitrogens with one attached hydrogen (secondary N) is 1. The average Bonchev–Trinajstić information content (AvgIpc) is 1.53. The van der Waals surface area contributed by atoms with Crippen LogP contribution in [0.2, 0.25) is 0 Å². The Hall–Kier alpha value is -1.11. The highest BCUT2D eigenvalue weighted by Gasteiger charge is 2.12. The van der Waals surface area contributed by atoms with Gasteiger partial charge in [0, 0.05) is 0 Å². The molecule has 7 heteroatoms. The molecule has 0 aliphatic heterocycles. The van der Waals surface area contributed by atoms with E-state index in [2.05, 4.69) is 11.3 Å². The molecular formula is C4H6FNO4S. The maximum atomic E-state index is 11.6. The second kappa shape index (κ2) is 3.33. The molecule has 0 rings (SSSR count). The Morgan fingerprint density at radius 1 is 1.64 bits per heavy atom. The van der Waals surface area contributed by atoms with Gasteiger partial charge in [0.1, 0.15) is 0 Å². The fourth-order valence-corrected chi connectivity index (χ4v) is 0.519. The highest BCUT2D eigenvalue weighted by molar-refractivity contribution is 7.84. The summed E-state index contributed by atoms with van der Waals surface area (Å²) in [4.78, 5) is 10.3. The SMILES string of the molecule is C=C(C)OC(=O)NS(=O)(=O)F. The minimum Gasteiger partial charge on any atom is -0.415 e. The number of halogens is 1. The van der Waals surface area contributed by atoms with E-state index in [9.17, 15) is 17.1 Å². The summed E-state index contributed by atoms with van der Waals surface area (Å²) in [5, 5.41) is 0. The lowest BCUT2D eigenvalue weighted by Gasteiger charge is -2.00. The maximum absolute atomic E-state index is 11.6. The predicted octanol–water partition coefficient (Wildman–Crippen LogP) is 0.461. The van der Waals surface area contributed by atoms with Crippen molar-refractivity contribution in [3.05, 3.63) is 12.3 Å². The van der Waals surface area contributed by atoms with Crippen molar-refractivity contribution < 1.29 is 21.8 Å². The van der Waals surface area contributed by atoms with E-state index in [1.54, 1.807) is 0 Å². The summed E-state index contributed by atoms with van der Waals surface area (Å²) in [6.07, 6.45) is -1.42. The lowest BCUT2D eigenvalue weighted by Crippen LogP contribution is -2.27. The molecule has 0 saturated heterocycles. The summed E-state index contributed by atoms with van der Waals surface area (Å²) >= 11 is 0. The number of carbonyl (C=O) groups excluding carboxylic acids is 1. The molecule has 0 heterocycles. The third-order valence-electron chi connectivity index (χ3n) is 0.472. The molecule has 0 radical (unpaired) electrons. The first-order valence-corrected chi connectivity index (χ1v) is 3.79. The van der Waals surface area contributed by atoms with Crippen molar-refractivity contribution in [1.29, 1.82) is 0 Å². The van der Waals surface area contributed by atoms with Gasteiger partial charge in [-0.3, -0.25) is 0 Å². The largest absolute Gasteiger partial charge is 0.428 e. The molecule has 1 N–H and O–H groups in total. The van der Waals surface area contributed by atoms with Gasteiger partial charge in [-0.15, -0.1) is 0 Å². The highest BCUT2D eigenvalue weighted by Crippen LogP contribution is 1.92. The Kier molecular flexibility index (Phi) is 2.99. The Morgan fingerprint density at radius 2 is 2.09 bits per heavy atom. The molecule has 11 heavy (non-hydrogen) atoms. The monoisotopic (exact) mass is 183 g/mol. The van der Waals surface area contributed by atoms with E-state index >= 15 is 0 Å². The van der Waals surface area contributed by atoms with Crippen LogP contribution in [0.3, 0.4) is 0 Å². The molecule has 0 saturated carbocycles. The van der Waals surface area contributed by atoms with Crippen LogP contribution >= 0.6 is 0 Å². The van der Waals surface area contributed by atoms with Crippen molar-refractivity contribution in [3.63, 3.8) is 0 Å². The van der Waals surface area contributed by atoms with E-state index in [1.807, 2.05) is 0 Å². The van der Waals surface area contributed by atoms with Crippen LogP contribution in [0.25, 0.3) is 0 Å². The van der Waals surface area contributed by atoms with Gasteiger partial charge in [-0.2, -0.15) is 13.1 Å². The molecule has 1 amide bonds. The van der Waals surface area contributed by atoms with Crippen molar-refractivity contribution in [1.82, 2.24) is 4.72 Å². The Balaban J connectivity index is 4.01. The lowest BCUT2D eigenvalue weighted by atomic mass is 10.7. The number of amides is 1. The third-order valence-corrected chi connectivity index (χ3v) is 0.883. The molecular weight excluding hydrogens is 177 g/mol. The molecule has 0 fully saturated rings. The van der Waals surface area contributed by atoms with Gasteiger partial charge in [0.05, 0.1) is 5.76 Å². The van der Waals surface area contributed by atoms with Gasteiger partial charge in [-0.1, -0.05) is 10.5 Å². The van der Waals surface area contributed by atoms with Gasteiger partial charge in [0.25, 0.3) is 0 Å². The topological polar surface area (TPSA) is 72.5 Å². The van der Waals surface area contributed by atoms with Gasteiger partial charge < -0.3 is 4.74 Å². The summed E-state index contributed by atoms with van der Waals surface area (Å²) in [5.74, 6) is -0.0360. The second-order valence-corrected chi connectivity index (χ2v) is 2.71. The average molecular weight is 183 g/mol. The Labute approximate surface area is 63.2 Å². The number of ether oxygens (including phenoxy) is 1. The summed E-state index contributed by atoms with van der Waals surface area (Å²) in [7, 11) is -5.03. The molecule has 0 aromatic carbocycles. The summed E-state index contributed by atoms with van der Waals surface area (Å²) in [6.45, 7) is 4.43. The first kappa shape index (κ1) is 9.89. The van der Waals surface area contributed by atoms with Crippen LogP contribution in [0.15, 0.2) is 12.3 Å². The van der Waals surface area contributed by atoms with Crippen LogP contribution in [-0.4, -0.2) is 14.5 Å². The molecule has 0 aromatic heterocycles. The molecule has 64 valence electrons. The summed E-state index contributed by atoms with van der Waals surface area (Å²) in [6, 6.07) is 0. The van der Waals surface area contributed by atoms with E-state index in [1.165, 1.54) is 6.92 Å². The van der Waals surface area contributed by atoms with Crippen LogP contribution < -0.4 is 4.72 Å². The van der Waals surface area contributed by atoms with E-state index < -0.39 is 16.5 Å². The summed E-state index contributed by atoms with van der Waals surface area (Å²) in [5.41, 5.74) is 0. The van der Waals surface area contributed by atoms with E-state index in [-0.39, 0.29) is 5.76 Å². The number of carbonyl (C=O) groups is 1. The number of allylic oxidation sites excluding steroid dienone is 1. The van der Waals surface area contributed by atoms with Crippen LogP contribution in [0, 0.1) is 0 Å². The molecule has 0 aliphatic rings. The zero-order chi connectivity index (χ0) is 9.07. The molecule has 0 bridgehead atoms. The number of rotatable bonds is 2. The fraction of sp³-hybridized carbons (Fsp3) is 0.250. The highest BCUT2D eigenvalue weighted by atomic mass is 32.3. The fourth-order valence-electron chi connectivity index (χ4n) is 0.279. The van der Waals surface area contributed by atoms with Gasteiger partial charge in [0.2, 0.25) is 0 Å². The van der Waals surface area contributed by atoms with Crippen LogP contribution in [-0.2, 0) is 15.1 Å². The van der Waals surface area contributed by atoms with Crippen molar-refractivity contribution in [2.24, 2.45) is 0 Å². The molecule has 0 aliphatic carbocycles. The van der Waals surface area contributed by atoms with Crippen molar-refractivity contribution in [2.45, 2.75) is 6.92 Å². The minimum absolute atomic E-state index is 0.0360. The quantitative estimate of drug-likeness (QED) is 0.498. The second-order valence-electron chi connectivity index (χ2n) is 1.63. The van der Waals surface area contributed by atoms with Crippen molar-refractivity contribution in [2.75, 3.05) is 0 Å². The van der Waals surface area contributed by atoms with Crippen molar-refractivity contribution >= 4 is 16.5 Å². The molecule has 0 spiro atoms. The zero-order valence-corrected chi connectivity index (χ0v) is 6.44. The first-order chi connectivity index (χ1) is 4.81. The summed E-state index contributed by atoms with van der Waals surface area (Å²) < 4.78 is 36.0. The van der Waals surface area contributed by atoms with Crippen LogP contribution in [0.4, 0.5) is 8.68 Å². The van der Waals surface area contributed by atoms with Crippen LogP contribution in [0.5, 0.6) is 0 Å². The van der Waals surface area contributed by atoms with Gasteiger partial charge in [-0.25, -0.2) is 4.79 Å². The first-order valence-electron chi connectivity index (χ1n) is 2.41. The minimum atomic E-state index is -5.03. The maximum Gasteiger partial charge on any atom is 0.428 e. The van der Waals surface area contributed by atoms with Gasteiger partial charge in [0.15, 0.2) is 0 Å². The van der Waals surface area contributed by atoms with Gasteiger partial charge in [-0.05, 0) is 6.92 Å². The standard InChI is InChI=1S/C4H6FNO4S/c1-3(2)10-4(7)6-11(5,8)9/h1H2,2H3,(H,6,7). The molecule has 0 atom stereocenters. The predicted molar refractivity (Wildman–Crippen MR) is 34.5 cm³/mol. The number of hydrogen-bond donors (Lipinski definition) is 1. The lowest BCUT2D eigenvalue weighted by molar-refractivity contribution is 0.183. The van der Waals surface area contributed by atoms with E-state index in [0.717, 1.165) is 4.72 Å². The molecule has 5 nitrogen and oxygen atoms in total. The zero-order valence-electron chi connectivity index (χ0n) is 5.63. The normalized spacial score (nSPS) is 10.4. The molecule has 0 unspecified atom stereocenters. The Morgan fingerprint density at radius 3 is 2.36 bits per heavy atom. The number of hydrogen-bond acceptors (Lipinski definition) is 4. The Bertz CT molecular complexity index is 270. The molecule has 0 aromatic rings. The van der Waals surface area contributed by atoms with Crippen LogP contribution in [0.1, 0.15) is 6.92 Å². The smallest absolute Gasteiger partial charge is 0.415 e. The van der Waals surface area contributed by atoms with Gasteiger partial charge >= 0.3 is 16.5 Å². The van der Waals surface area contributed by atoms with Crippen molar-refractivity contribution in [3.8, 4) is 0 Å². The third kappa shape index (κ3) is 6.78. The van der Waals surface area contributed by atoms with E-state index in [4.69, 9.17) is 0 Å².